The number of Topliss-reactive ketones (excluding diaryl/α,β-unsaturated/α-hetero) is 1. The second kappa shape index (κ2) is 6.52. The van der Waals surface area contributed by atoms with Gasteiger partial charge in [-0.25, -0.2) is 4.79 Å². The molecule has 0 aliphatic heterocycles. The van der Waals surface area contributed by atoms with Crippen molar-refractivity contribution in [1.82, 2.24) is 0 Å². The highest BCUT2D eigenvalue weighted by atomic mass is 16.5. The number of ketones is 1. The summed E-state index contributed by atoms with van der Waals surface area (Å²) >= 11 is 0. The first kappa shape index (κ1) is 13.8. The summed E-state index contributed by atoms with van der Waals surface area (Å²) in [6, 6.07) is 17.3. The number of benzene rings is 2. The Balaban J connectivity index is 2.01. The van der Waals surface area contributed by atoms with Gasteiger partial charge in [0.25, 0.3) is 0 Å². The minimum atomic E-state index is -0.864. The molecule has 0 fully saturated rings. The van der Waals surface area contributed by atoms with Crippen LogP contribution in [-0.4, -0.2) is 18.5 Å². The lowest BCUT2D eigenvalue weighted by Gasteiger charge is -2.04. The Hall–Kier alpha value is -2.62. The fourth-order valence-corrected chi connectivity index (χ4v) is 1.87. The van der Waals surface area contributed by atoms with Crippen molar-refractivity contribution in [2.75, 3.05) is 6.61 Å². The van der Waals surface area contributed by atoms with E-state index in [9.17, 15) is 9.59 Å². The number of hydrogen-bond acceptors (Lipinski definition) is 3. The molecule has 20 heavy (non-hydrogen) atoms. The average Bonchev–Trinajstić information content (AvgIpc) is 2.48. The molecule has 2 aromatic carbocycles. The molecule has 4 heteroatoms. The predicted octanol–water partition coefficient (Wildman–Crippen LogP) is 3.02. The molecule has 0 unspecified atom stereocenters. The summed E-state index contributed by atoms with van der Waals surface area (Å²) in [5.41, 5.74) is 7.58. The Morgan fingerprint density at radius 1 is 0.900 bits per heavy atom. The Morgan fingerprint density at radius 2 is 1.50 bits per heavy atom. The molecule has 0 spiro atoms. The molecule has 0 saturated heterocycles. The molecule has 1 amide bonds. The number of amides is 1. The van der Waals surface area contributed by atoms with Crippen molar-refractivity contribution in [3.05, 3.63) is 60.2 Å². The zero-order chi connectivity index (χ0) is 14.4. The molecule has 0 saturated carbocycles. The molecule has 0 atom stereocenters. The smallest absolute Gasteiger partial charge is 0.404 e. The van der Waals surface area contributed by atoms with Crippen LogP contribution in [0.4, 0.5) is 4.79 Å². The topological polar surface area (TPSA) is 69.4 Å². The van der Waals surface area contributed by atoms with E-state index in [0.717, 1.165) is 11.1 Å². The standard InChI is InChI=1S/C16H15NO3/c17-16(19)20-11-10-15(18)14-8-6-13(7-9-14)12-4-2-1-3-5-12/h1-9H,10-11H2,(H2,17,19). The average molecular weight is 269 g/mol. The highest BCUT2D eigenvalue weighted by Gasteiger charge is 2.07. The van der Waals surface area contributed by atoms with Gasteiger partial charge in [-0.3, -0.25) is 4.79 Å². The van der Waals surface area contributed by atoms with Gasteiger partial charge < -0.3 is 10.5 Å². The summed E-state index contributed by atoms with van der Waals surface area (Å²) in [5, 5.41) is 0. The van der Waals surface area contributed by atoms with E-state index in [-0.39, 0.29) is 18.8 Å². The lowest BCUT2D eigenvalue weighted by Crippen LogP contribution is -2.15. The van der Waals surface area contributed by atoms with Gasteiger partial charge in [-0.2, -0.15) is 0 Å². The van der Waals surface area contributed by atoms with Gasteiger partial charge in [0.1, 0.15) is 6.61 Å². The highest BCUT2D eigenvalue weighted by molar-refractivity contribution is 5.96. The van der Waals surface area contributed by atoms with Crippen LogP contribution >= 0.6 is 0 Å². The maximum atomic E-state index is 11.8. The fraction of sp³-hybridized carbons (Fsp3) is 0.125. The number of carbonyl (C=O) groups excluding carboxylic acids is 2. The number of primary amides is 1. The van der Waals surface area contributed by atoms with Crippen LogP contribution < -0.4 is 5.73 Å². The molecule has 0 aliphatic carbocycles. The third kappa shape index (κ3) is 3.68. The van der Waals surface area contributed by atoms with E-state index in [4.69, 9.17) is 5.73 Å². The lowest BCUT2D eigenvalue weighted by atomic mass is 10.0. The normalized spacial score (nSPS) is 10.0. The molecule has 0 aromatic heterocycles. The fourth-order valence-electron chi connectivity index (χ4n) is 1.87. The highest BCUT2D eigenvalue weighted by Crippen LogP contribution is 2.19. The van der Waals surface area contributed by atoms with Gasteiger partial charge in [0.05, 0.1) is 0 Å². The van der Waals surface area contributed by atoms with E-state index in [1.54, 1.807) is 12.1 Å². The Labute approximate surface area is 117 Å². The molecular formula is C16H15NO3. The molecular weight excluding hydrogens is 254 g/mol. The number of rotatable bonds is 5. The lowest BCUT2D eigenvalue weighted by molar-refractivity contribution is 0.0940. The summed E-state index contributed by atoms with van der Waals surface area (Å²) in [4.78, 5) is 22.2. The van der Waals surface area contributed by atoms with Gasteiger partial charge in [0, 0.05) is 12.0 Å². The van der Waals surface area contributed by atoms with Crippen molar-refractivity contribution in [3.8, 4) is 11.1 Å². The first-order valence-corrected chi connectivity index (χ1v) is 6.28. The third-order valence-corrected chi connectivity index (χ3v) is 2.89. The maximum Gasteiger partial charge on any atom is 0.404 e. The maximum absolute atomic E-state index is 11.8. The van der Waals surface area contributed by atoms with Crippen LogP contribution in [0.15, 0.2) is 54.6 Å². The van der Waals surface area contributed by atoms with E-state index in [1.807, 2.05) is 42.5 Å². The molecule has 4 nitrogen and oxygen atoms in total. The van der Waals surface area contributed by atoms with Crippen LogP contribution in [-0.2, 0) is 4.74 Å². The van der Waals surface area contributed by atoms with Crippen LogP contribution in [0.1, 0.15) is 16.8 Å². The van der Waals surface area contributed by atoms with Crippen molar-refractivity contribution < 1.29 is 14.3 Å². The van der Waals surface area contributed by atoms with Gasteiger partial charge in [-0.15, -0.1) is 0 Å². The molecule has 2 N–H and O–H groups in total. The number of carbonyl (C=O) groups is 2. The Morgan fingerprint density at radius 3 is 2.10 bits per heavy atom. The summed E-state index contributed by atoms with van der Waals surface area (Å²) in [6.07, 6.45) is -0.731. The van der Waals surface area contributed by atoms with Crippen molar-refractivity contribution in [2.45, 2.75) is 6.42 Å². The first-order chi connectivity index (χ1) is 9.66. The molecule has 0 radical (unpaired) electrons. The second-order valence-electron chi connectivity index (χ2n) is 4.28. The van der Waals surface area contributed by atoms with Crippen molar-refractivity contribution in [2.24, 2.45) is 5.73 Å². The van der Waals surface area contributed by atoms with Gasteiger partial charge in [-0.1, -0.05) is 54.6 Å². The minimum Gasteiger partial charge on any atom is -0.449 e. The number of hydrogen-bond donors (Lipinski definition) is 1. The van der Waals surface area contributed by atoms with Crippen LogP contribution in [0.5, 0.6) is 0 Å². The van der Waals surface area contributed by atoms with Crippen LogP contribution in [0.2, 0.25) is 0 Å². The number of nitrogens with two attached hydrogens (primary N) is 1. The largest absolute Gasteiger partial charge is 0.449 e. The van der Waals surface area contributed by atoms with Crippen molar-refractivity contribution in [1.29, 1.82) is 0 Å². The molecule has 102 valence electrons. The minimum absolute atomic E-state index is 0.00854. The Kier molecular flexibility index (Phi) is 4.50. The van der Waals surface area contributed by atoms with Gasteiger partial charge in [0.2, 0.25) is 0 Å². The van der Waals surface area contributed by atoms with E-state index >= 15 is 0 Å². The predicted molar refractivity (Wildman–Crippen MR) is 76.4 cm³/mol. The van der Waals surface area contributed by atoms with Gasteiger partial charge >= 0.3 is 6.09 Å². The van der Waals surface area contributed by atoms with Crippen LogP contribution in [0, 0.1) is 0 Å². The molecule has 2 aromatic rings. The summed E-state index contributed by atoms with van der Waals surface area (Å²) < 4.78 is 4.55. The first-order valence-electron chi connectivity index (χ1n) is 6.28. The van der Waals surface area contributed by atoms with Crippen molar-refractivity contribution in [3.63, 3.8) is 0 Å². The zero-order valence-electron chi connectivity index (χ0n) is 10.9. The quantitative estimate of drug-likeness (QED) is 0.848. The molecule has 0 bridgehead atoms. The number of ether oxygens (including phenoxy) is 1. The van der Waals surface area contributed by atoms with E-state index in [2.05, 4.69) is 4.74 Å². The van der Waals surface area contributed by atoms with Gasteiger partial charge in [0.15, 0.2) is 5.78 Å². The zero-order valence-corrected chi connectivity index (χ0v) is 10.9. The summed E-state index contributed by atoms with van der Waals surface area (Å²) in [6.45, 7) is 0.00854. The monoisotopic (exact) mass is 269 g/mol. The summed E-state index contributed by atoms with van der Waals surface area (Å²) in [7, 11) is 0. The van der Waals surface area contributed by atoms with Crippen LogP contribution in [0.25, 0.3) is 11.1 Å². The SMILES string of the molecule is NC(=O)OCCC(=O)c1ccc(-c2ccccc2)cc1. The molecule has 0 aliphatic rings. The molecule has 2 rings (SSSR count). The summed E-state index contributed by atoms with van der Waals surface area (Å²) in [5.74, 6) is -0.0779. The van der Waals surface area contributed by atoms with Crippen molar-refractivity contribution >= 4 is 11.9 Å². The van der Waals surface area contributed by atoms with E-state index in [1.165, 1.54) is 0 Å². The van der Waals surface area contributed by atoms with Crippen LogP contribution in [0.3, 0.4) is 0 Å². The Bertz CT molecular complexity index is 591. The van der Waals surface area contributed by atoms with E-state index in [0.29, 0.717) is 5.56 Å². The van der Waals surface area contributed by atoms with E-state index < -0.39 is 6.09 Å². The molecule has 0 heterocycles. The third-order valence-electron chi connectivity index (χ3n) is 2.89. The van der Waals surface area contributed by atoms with Gasteiger partial charge in [-0.05, 0) is 11.1 Å². The second-order valence-corrected chi connectivity index (χ2v) is 4.28.